The van der Waals surface area contributed by atoms with Gasteiger partial charge in [0.05, 0.1) is 9.79 Å². The van der Waals surface area contributed by atoms with Crippen LogP contribution in [0.3, 0.4) is 0 Å². The van der Waals surface area contributed by atoms with Gasteiger partial charge in [-0.2, -0.15) is 0 Å². The highest BCUT2D eigenvalue weighted by Gasteiger charge is 2.23. The molecule has 8 heteroatoms. The van der Waals surface area contributed by atoms with Crippen molar-refractivity contribution in [1.82, 2.24) is 14.8 Å². The summed E-state index contributed by atoms with van der Waals surface area (Å²) in [4.78, 5) is 14.8. The lowest BCUT2D eigenvalue weighted by molar-refractivity contribution is -0.121. The van der Waals surface area contributed by atoms with Crippen molar-refractivity contribution in [2.75, 3.05) is 27.2 Å². The summed E-state index contributed by atoms with van der Waals surface area (Å²) < 4.78 is 28.0. The number of amides is 1. The maximum Gasteiger partial charge on any atom is 0.239 e. The van der Waals surface area contributed by atoms with Gasteiger partial charge >= 0.3 is 0 Å². The number of carbonyl (C=O) groups excluding carboxylic acids is 1. The van der Waals surface area contributed by atoms with Crippen LogP contribution in [0.1, 0.15) is 6.42 Å². The van der Waals surface area contributed by atoms with Gasteiger partial charge in [0.15, 0.2) is 0 Å². The minimum absolute atomic E-state index is 0.0542. The van der Waals surface area contributed by atoms with Gasteiger partial charge in [-0.3, -0.25) is 4.79 Å². The molecule has 0 fully saturated rings. The molecule has 0 saturated carbocycles. The average Bonchev–Trinajstić information content (AvgIpc) is 3.05. The predicted octanol–water partition coefficient (Wildman–Crippen LogP) is 3.20. The monoisotopic (exact) mass is 433 g/mol. The Labute approximate surface area is 176 Å². The zero-order valence-corrected chi connectivity index (χ0v) is 18.0. The molecule has 0 aliphatic carbocycles. The Kier molecular flexibility index (Phi) is 6.62. The van der Waals surface area contributed by atoms with Crippen molar-refractivity contribution >= 4 is 38.2 Å². The number of halogens is 1. The number of nitrogens with one attached hydrogen (secondary N) is 1. The predicted molar refractivity (Wildman–Crippen MR) is 115 cm³/mol. The number of sulfone groups is 1. The SMILES string of the molecule is CN(C)CCCNC(=O)Cn1cc(S(=O)(=O)c2ccc(Cl)cc2)c2ccccc21. The average molecular weight is 434 g/mol. The smallest absolute Gasteiger partial charge is 0.239 e. The van der Waals surface area contributed by atoms with E-state index in [-0.39, 0.29) is 22.2 Å². The second kappa shape index (κ2) is 8.98. The first-order valence-electron chi connectivity index (χ1n) is 9.29. The van der Waals surface area contributed by atoms with Gasteiger partial charge in [0.2, 0.25) is 15.7 Å². The zero-order chi connectivity index (χ0) is 21.0. The molecule has 0 saturated heterocycles. The minimum atomic E-state index is -3.74. The fourth-order valence-electron chi connectivity index (χ4n) is 3.13. The molecule has 1 amide bonds. The Bertz CT molecular complexity index is 1110. The van der Waals surface area contributed by atoms with Crippen molar-refractivity contribution in [2.24, 2.45) is 0 Å². The molecule has 29 heavy (non-hydrogen) atoms. The molecule has 0 unspecified atom stereocenters. The first-order chi connectivity index (χ1) is 13.8. The number of para-hydroxylation sites is 1. The Morgan fingerprint density at radius 3 is 2.48 bits per heavy atom. The second-order valence-corrected chi connectivity index (χ2v) is 9.46. The van der Waals surface area contributed by atoms with Gasteiger partial charge in [-0.25, -0.2) is 8.42 Å². The van der Waals surface area contributed by atoms with E-state index in [0.29, 0.717) is 22.5 Å². The summed E-state index contributed by atoms with van der Waals surface area (Å²) >= 11 is 5.89. The largest absolute Gasteiger partial charge is 0.355 e. The fraction of sp³-hybridized carbons (Fsp3) is 0.286. The van der Waals surface area contributed by atoms with Crippen LogP contribution < -0.4 is 5.32 Å². The first-order valence-corrected chi connectivity index (χ1v) is 11.1. The molecule has 0 atom stereocenters. The normalized spacial score (nSPS) is 11.9. The van der Waals surface area contributed by atoms with Crippen molar-refractivity contribution in [1.29, 1.82) is 0 Å². The number of carbonyl (C=O) groups is 1. The maximum atomic E-state index is 13.2. The van der Waals surface area contributed by atoms with Crippen molar-refractivity contribution in [3.63, 3.8) is 0 Å². The third kappa shape index (κ3) is 4.98. The molecule has 0 aliphatic heterocycles. The van der Waals surface area contributed by atoms with Crippen LogP contribution in [0.5, 0.6) is 0 Å². The summed E-state index contributed by atoms with van der Waals surface area (Å²) in [6.07, 6.45) is 2.38. The van der Waals surface area contributed by atoms with E-state index in [1.807, 2.05) is 26.2 Å². The Morgan fingerprint density at radius 2 is 1.79 bits per heavy atom. The Balaban J connectivity index is 1.87. The number of nitrogens with zero attached hydrogens (tertiary/aromatic N) is 2. The Morgan fingerprint density at radius 1 is 1.10 bits per heavy atom. The summed E-state index contributed by atoms with van der Waals surface area (Å²) in [6.45, 7) is 1.51. The lowest BCUT2D eigenvalue weighted by atomic mass is 10.2. The molecule has 6 nitrogen and oxygen atoms in total. The van der Waals surface area contributed by atoms with E-state index in [9.17, 15) is 13.2 Å². The van der Waals surface area contributed by atoms with E-state index in [2.05, 4.69) is 10.2 Å². The molecular formula is C21H24ClN3O3S. The highest BCUT2D eigenvalue weighted by atomic mass is 35.5. The van der Waals surface area contributed by atoms with E-state index >= 15 is 0 Å². The van der Waals surface area contributed by atoms with Gasteiger partial charge in [-0.15, -0.1) is 0 Å². The summed E-state index contributed by atoms with van der Waals surface area (Å²) in [7, 11) is 0.221. The lowest BCUT2D eigenvalue weighted by Gasteiger charge is -2.10. The molecule has 0 spiro atoms. The third-order valence-corrected chi connectivity index (χ3v) is 6.63. The molecule has 3 aromatic rings. The summed E-state index contributed by atoms with van der Waals surface area (Å²) in [5.74, 6) is -0.153. The molecular weight excluding hydrogens is 410 g/mol. The van der Waals surface area contributed by atoms with Crippen LogP contribution in [0.25, 0.3) is 10.9 Å². The summed E-state index contributed by atoms with van der Waals surface area (Å²) in [5, 5.41) is 3.94. The van der Waals surface area contributed by atoms with Gasteiger partial charge in [0.25, 0.3) is 0 Å². The topological polar surface area (TPSA) is 71.4 Å². The first kappa shape index (κ1) is 21.4. The number of hydrogen-bond donors (Lipinski definition) is 1. The molecule has 0 aliphatic rings. The summed E-state index contributed by atoms with van der Waals surface area (Å²) in [5.41, 5.74) is 0.698. The van der Waals surface area contributed by atoms with Crippen LogP contribution in [0, 0.1) is 0 Å². The van der Waals surface area contributed by atoms with Crippen LogP contribution >= 0.6 is 11.6 Å². The molecule has 2 aromatic carbocycles. The van der Waals surface area contributed by atoms with Crippen LogP contribution in [-0.4, -0.2) is 51.0 Å². The maximum absolute atomic E-state index is 13.2. The van der Waals surface area contributed by atoms with E-state index in [1.54, 1.807) is 28.8 Å². The van der Waals surface area contributed by atoms with Crippen molar-refractivity contribution in [3.05, 3.63) is 59.8 Å². The second-order valence-electron chi connectivity index (χ2n) is 7.10. The van der Waals surface area contributed by atoms with Gasteiger partial charge in [0.1, 0.15) is 6.54 Å². The van der Waals surface area contributed by atoms with Gasteiger partial charge in [-0.05, 0) is 57.4 Å². The number of rotatable bonds is 8. The zero-order valence-electron chi connectivity index (χ0n) is 16.4. The van der Waals surface area contributed by atoms with E-state index < -0.39 is 9.84 Å². The van der Waals surface area contributed by atoms with Gasteiger partial charge in [0, 0.05) is 28.7 Å². The fourth-order valence-corrected chi connectivity index (χ4v) is 4.73. The minimum Gasteiger partial charge on any atom is -0.355 e. The van der Waals surface area contributed by atoms with Gasteiger partial charge in [-0.1, -0.05) is 29.8 Å². The van der Waals surface area contributed by atoms with Crippen molar-refractivity contribution in [2.45, 2.75) is 22.8 Å². The van der Waals surface area contributed by atoms with Crippen LogP contribution in [0.2, 0.25) is 5.02 Å². The molecule has 1 aromatic heterocycles. The standard InChI is InChI=1S/C21H24ClN3O3S/c1-24(2)13-5-12-23-21(26)15-25-14-20(18-6-3-4-7-19(18)25)29(27,28)17-10-8-16(22)9-11-17/h3-4,6-11,14H,5,12-13,15H2,1-2H3,(H,23,26). The highest BCUT2D eigenvalue weighted by molar-refractivity contribution is 7.91. The van der Waals surface area contributed by atoms with Gasteiger partial charge < -0.3 is 14.8 Å². The van der Waals surface area contributed by atoms with Crippen LogP contribution in [0.15, 0.2) is 64.5 Å². The van der Waals surface area contributed by atoms with E-state index in [4.69, 9.17) is 11.6 Å². The van der Waals surface area contributed by atoms with Crippen LogP contribution in [0.4, 0.5) is 0 Å². The number of benzene rings is 2. The van der Waals surface area contributed by atoms with E-state index in [0.717, 1.165) is 13.0 Å². The number of hydrogen-bond acceptors (Lipinski definition) is 4. The molecule has 0 radical (unpaired) electrons. The molecule has 0 bridgehead atoms. The highest BCUT2D eigenvalue weighted by Crippen LogP contribution is 2.30. The molecule has 1 N–H and O–H groups in total. The molecule has 3 rings (SSSR count). The van der Waals surface area contributed by atoms with E-state index in [1.165, 1.54) is 18.3 Å². The number of aromatic nitrogens is 1. The Hall–Kier alpha value is -2.35. The lowest BCUT2D eigenvalue weighted by Crippen LogP contribution is -2.30. The quantitative estimate of drug-likeness (QED) is 0.554. The number of fused-ring (bicyclic) bond motifs is 1. The molecule has 1 heterocycles. The summed E-state index contributed by atoms with van der Waals surface area (Å²) in [6, 6.07) is 13.3. The van der Waals surface area contributed by atoms with Crippen molar-refractivity contribution in [3.8, 4) is 0 Å². The molecule has 154 valence electrons. The van der Waals surface area contributed by atoms with Crippen LogP contribution in [-0.2, 0) is 21.2 Å². The van der Waals surface area contributed by atoms with Crippen molar-refractivity contribution < 1.29 is 13.2 Å². The third-order valence-electron chi connectivity index (χ3n) is 4.58.